The third kappa shape index (κ3) is 3.71. The van der Waals surface area contributed by atoms with Crippen molar-refractivity contribution in [3.8, 4) is 0 Å². The van der Waals surface area contributed by atoms with Crippen molar-refractivity contribution < 1.29 is 19.2 Å². The smallest absolute Gasteiger partial charge is 0.312 e. The van der Waals surface area contributed by atoms with E-state index in [-0.39, 0.29) is 17.7 Å². The molecule has 2 rings (SSSR count). The zero-order chi connectivity index (χ0) is 15.2. The van der Waals surface area contributed by atoms with Crippen LogP contribution in [0.3, 0.4) is 0 Å². The molecule has 0 unspecified atom stereocenters. The van der Waals surface area contributed by atoms with Crippen molar-refractivity contribution in [2.45, 2.75) is 25.7 Å². The first-order valence-electron chi connectivity index (χ1n) is 6.70. The molecule has 0 aliphatic carbocycles. The number of unbranched alkanes of at least 4 members (excludes halogenated alkanes) is 2. The van der Waals surface area contributed by atoms with Crippen molar-refractivity contribution >= 4 is 28.3 Å². The van der Waals surface area contributed by atoms with Crippen molar-refractivity contribution in [3.05, 3.63) is 34.6 Å². The Balaban J connectivity index is 1.94. The molecule has 7 heteroatoms. The number of nitro benzene ring substituents is 1. The standard InChI is InChI=1S/C14H16N2O5/c17-13(18)4-2-1-3-8-15-11-5-6-12(16(19)20)14-10(11)7-9-21-14/h5-7,9,15H,1-4,8H2,(H,17,18). The maximum Gasteiger partial charge on any atom is 0.312 e. The lowest BCUT2D eigenvalue weighted by Crippen LogP contribution is -2.03. The van der Waals surface area contributed by atoms with Gasteiger partial charge in [-0.2, -0.15) is 0 Å². The molecule has 0 radical (unpaired) electrons. The Hall–Kier alpha value is -2.57. The lowest BCUT2D eigenvalue weighted by molar-refractivity contribution is -0.383. The number of benzene rings is 1. The van der Waals surface area contributed by atoms with Crippen LogP contribution >= 0.6 is 0 Å². The summed E-state index contributed by atoms with van der Waals surface area (Å²) in [5, 5.41) is 23.3. The van der Waals surface area contributed by atoms with E-state index < -0.39 is 10.9 Å². The van der Waals surface area contributed by atoms with Gasteiger partial charge in [0.25, 0.3) is 0 Å². The van der Waals surface area contributed by atoms with Crippen LogP contribution in [0, 0.1) is 10.1 Å². The molecule has 0 atom stereocenters. The number of carbonyl (C=O) groups is 1. The lowest BCUT2D eigenvalue weighted by Gasteiger charge is -2.07. The van der Waals surface area contributed by atoms with Crippen LogP contribution in [0.5, 0.6) is 0 Å². The molecule has 0 saturated carbocycles. The van der Waals surface area contributed by atoms with Crippen LogP contribution in [0.1, 0.15) is 25.7 Å². The molecular formula is C14H16N2O5. The molecule has 0 saturated heterocycles. The van der Waals surface area contributed by atoms with Crippen LogP contribution in [0.25, 0.3) is 11.0 Å². The number of carboxylic acid groups (broad SMARTS) is 1. The number of nitrogens with zero attached hydrogens (tertiary/aromatic N) is 1. The van der Waals surface area contributed by atoms with Gasteiger partial charge >= 0.3 is 11.7 Å². The molecule has 0 bridgehead atoms. The van der Waals surface area contributed by atoms with Crippen molar-refractivity contribution in [1.29, 1.82) is 0 Å². The second kappa shape index (κ2) is 6.74. The van der Waals surface area contributed by atoms with E-state index in [9.17, 15) is 14.9 Å². The Morgan fingerprint density at radius 2 is 2.10 bits per heavy atom. The summed E-state index contributed by atoms with van der Waals surface area (Å²) in [6, 6.07) is 4.76. The highest BCUT2D eigenvalue weighted by atomic mass is 16.6. The molecule has 1 heterocycles. The number of fused-ring (bicyclic) bond motifs is 1. The zero-order valence-corrected chi connectivity index (χ0v) is 11.4. The van der Waals surface area contributed by atoms with E-state index in [1.807, 2.05) is 0 Å². The summed E-state index contributed by atoms with van der Waals surface area (Å²) in [5.74, 6) is -0.779. The number of nitro groups is 1. The minimum atomic E-state index is -0.779. The average Bonchev–Trinajstić information content (AvgIpc) is 2.91. The third-order valence-electron chi connectivity index (χ3n) is 3.18. The van der Waals surface area contributed by atoms with Gasteiger partial charge in [-0.1, -0.05) is 6.42 Å². The van der Waals surface area contributed by atoms with E-state index in [0.29, 0.717) is 18.4 Å². The van der Waals surface area contributed by atoms with Crippen LogP contribution in [0.2, 0.25) is 0 Å². The molecule has 0 aliphatic rings. The number of anilines is 1. The first kappa shape index (κ1) is 14.8. The first-order valence-corrected chi connectivity index (χ1v) is 6.70. The second-order valence-electron chi connectivity index (χ2n) is 4.68. The van der Waals surface area contributed by atoms with Gasteiger partial charge in [-0.25, -0.2) is 0 Å². The molecule has 0 fully saturated rings. The maximum absolute atomic E-state index is 10.9. The number of rotatable bonds is 8. The van der Waals surface area contributed by atoms with Crippen LogP contribution in [0.15, 0.2) is 28.9 Å². The van der Waals surface area contributed by atoms with Gasteiger partial charge < -0.3 is 14.8 Å². The number of furan rings is 1. The van der Waals surface area contributed by atoms with E-state index >= 15 is 0 Å². The summed E-state index contributed by atoms with van der Waals surface area (Å²) in [4.78, 5) is 20.8. The van der Waals surface area contributed by atoms with E-state index in [2.05, 4.69) is 5.32 Å². The van der Waals surface area contributed by atoms with Gasteiger partial charge in [0, 0.05) is 24.7 Å². The molecule has 21 heavy (non-hydrogen) atoms. The molecule has 0 aliphatic heterocycles. The van der Waals surface area contributed by atoms with E-state index in [0.717, 1.165) is 18.5 Å². The minimum Gasteiger partial charge on any atom is -0.481 e. The third-order valence-corrected chi connectivity index (χ3v) is 3.18. The molecule has 0 spiro atoms. The van der Waals surface area contributed by atoms with E-state index in [1.54, 1.807) is 12.1 Å². The molecule has 2 N–H and O–H groups in total. The molecular weight excluding hydrogens is 276 g/mol. The average molecular weight is 292 g/mol. The zero-order valence-electron chi connectivity index (χ0n) is 11.4. The second-order valence-corrected chi connectivity index (χ2v) is 4.68. The van der Waals surface area contributed by atoms with Crippen LogP contribution in [-0.4, -0.2) is 22.5 Å². The normalized spacial score (nSPS) is 10.7. The van der Waals surface area contributed by atoms with Crippen molar-refractivity contribution in [2.24, 2.45) is 0 Å². The number of hydrogen-bond acceptors (Lipinski definition) is 5. The fourth-order valence-electron chi connectivity index (χ4n) is 2.15. The maximum atomic E-state index is 10.9. The molecule has 7 nitrogen and oxygen atoms in total. The Morgan fingerprint density at radius 1 is 1.29 bits per heavy atom. The Kier molecular flexibility index (Phi) is 4.76. The SMILES string of the molecule is O=C(O)CCCCCNc1ccc([N+](=O)[O-])c2occc12. The quantitative estimate of drug-likeness (QED) is 0.439. The highest BCUT2D eigenvalue weighted by Gasteiger charge is 2.16. The largest absolute Gasteiger partial charge is 0.481 e. The number of hydrogen-bond donors (Lipinski definition) is 2. The highest BCUT2D eigenvalue weighted by Crippen LogP contribution is 2.32. The van der Waals surface area contributed by atoms with Crippen molar-refractivity contribution in [2.75, 3.05) is 11.9 Å². The Bertz CT molecular complexity index is 650. The number of nitrogens with one attached hydrogen (secondary N) is 1. The van der Waals surface area contributed by atoms with Crippen molar-refractivity contribution in [3.63, 3.8) is 0 Å². The van der Waals surface area contributed by atoms with Crippen LogP contribution < -0.4 is 5.32 Å². The van der Waals surface area contributed by atoms with Gasteiger partial charge in [0.1, 0.15) is 0 Å². The Labute approximate surface area is 120 Å². The topological polar surface area (TPSA) is 106 Å². The van der Waals surface area contributed by atoms with Gasteiger partial charge in [0.05, 0.1) is 16.6 Å². The van der Waals surface area contributed by atoms with E-state index in [4.69, 9.17) is 9.52 Å². The predicted molar refractivity (Wildman–Crippen MR) is 77.5 cm³/mol. The summed E-state index contributed by atoms with van der Waals surface area (Å²) in [6.45, 7) is 0.678. The van der Waals surface area contributed by atoms with Gasteiger partial charge in [-0.05, 0) is 25.0 Å². The summed E-state index contributed by atoms with van der Waals surface area (Å²) in [7, 11) is 0. The van der Waals surface area contributed by atoms with Crippen molar-refractivity contribution in [1.82, 2.24) is 0 Å². The fraction of sp³-hybridized carbons (Fsp3) is 0.357. The molecule has 1 aromatic heterocycles. The number of non-ortho nitro benzene ring substituents is 1. The number of carboxylic acids is 1. The molecule has 0 amide bonds. The summed E-state index contributed by atoms with van der Waals surface area (Å²) < 4.78 is 5.18. The molecule has 112 valence electrons. The lowest BCUT2D eigenvalue weighted by atomic mass is 10.1. The molecule has 1 aromatic carbocycles. The van der Waals surface area contributed by atoms with Gasteiger partial charge in [0.2, 0.25) is 5.58 Å². The minimum absolute atomic E-state index is 0.0537. The van der Waals surface area contributed by atoms with Crippen LogP contribution in [0.4, 0.5) is 11.4 Å². The summed E-state index contributed by atoms with van der Waals surface area (Å²) in [5.41, 5.74) is 0.987. The summed E-state index contributed by atoms with van der Waals surface area (Å²) in [6.07, 6.45) is 3.92. The van der Waals surface area contributed by atoms with Crippen LogP contribution in [-0.2, 0) is 4.79 Å². The monoisotopic (exact) mass is 292 g/mol. The predicted octanol–water partition coefficient (Wildman–Crippen LogP) is 3.40. The molecule has 2 aromatic rings. The van der Waals surface area contributed by atoms with Gasteiger partial charge in [-0.15, -0.1) is 0 Å². The van der Waals surface area contributed by atoms with Gasteiger partial charge in [0.15, 0.2) is 0 Å². The summed E-state index contributed by atoms with van der Waals surface area (Å²) >= 11 is 0. The van der Waals surface area contributed by atoms with E-state index in [1.165, 1.54) is 12.3 Å². The fourth-order valence-corrected chi connectivity index (χ4v) is 2.15. The first-order chi connectivity index (χ1) is 10.1. The number of aliphatic carboxylic acids is 1. The Morgan fingerprint density at radius 3 is 2.81 bits per heavy atom. The highest BCUT2D eigenvalue weighted by molar-refractivity contribution is 5.96. The van der Waals surface area contributed by atoms with Gasteiger partial charge in [-0.3, -0.25) is 14.9 Å².